The number of piperidine rings is 2. The van der Waals surface area contributed by atoms with Gasteiger partial charge < -0.3 is 10.0 Å². The van der Waals surface area contributed by atoms with Gasteiger partial charge in [-0.25, -0.2) is 0 Å². The average Bonchev–Trinajstić information content (AvgIpc) is 2.42. The molecule has 0 bridgehead atoms. The lowest BCUT2D eigenvalue weighted by atomic mass is 9.74. The molecule has 0 amide bonds. The summed E-state index contributed by atoms with van der Waals surface area (Å²) in [6, 6.07) is 1.29. The Morgan fingerprint density at radius 2 is 1.95 bits per heavy atom. The summed E-state index contributed by atoms with van der Waals surface area (Å²) < 4.78 is 0. The maximum atomic E-state index is 11.5. The van der Waals surface area contributed by atoms with Crippen molar-refractivity contribution in [1.82, 2.24) is 9.80 Å². The van der Waals surface area contributed by atoms with E-state index in [0.717, 1.165) is 32.5 Å². The van der Waals surface area contributed by atoms with Crippen LogP contribution >= 0.6 is 0 Å². The highest BCUT2D eigenvalue weighted by molar-refractivity contribution is 5.74. The van der Waals surface area contributed by atoms with Crippen LogP contribution in [0.3, 0.4) is 0 Å². The van der Waals surface area contributed by atoms with Gasteiger partial charge in [0.2, 0.25) is 0 Å². The third-order valence-corrected chi connectivity index (χ3v) is 5.72. The van der Waals surface area contributed by atoms with E-state index in [1.165, 1.54) is 12.8 Å². The van der Waals surface area contributed by atoms with Gasteiger partial charge in [-0.15, -0.1) is 0 Å². The molecule has 2 fully saturated rings. The number of carboxylic acids is 1. The molecule has 3 atom stereocenters. The van der Waals surface area contributed by atoms with Crippen molar-refractivity contribution in [2.24, 2.45) is 11.3 Å². The molecule has 0 aliphatic carbocycles. The lowest BCUT2D eigenvalue weighted by Crippen LogP contribution is -2.52. The van der Waals surface area contributed by atoms with E-state index in [-0.39, 0.29) is 5.92 Å². The average molecular weight is 282 g/mol. The first-order valence-electron chi connectivity index (χ1n) is 8.00. The Balaban J connectivity index is 1.99. The molecule has 4 nitrogen and oxygen atoms in total. The van der Waals surface area contributed by atoms with E-state index < -0.39 is 11.4 Å². The zero-order chi connectivity index (χ0) is 14.9. The van der Waals surface area contributed by atoms with E-state index in [4.69, 9.17) is 0 Å². The number of hydrogen-bond acceptors (Lipinski definition) is 3. The minimum Gasteiger partial charge on any atom is -0.481 e. The van der Waals surface area contributed by atoms with Crippen molar-refractivity contribution >= 4 is 5.97 Å². The van der Waals surface area contributed by atoms with Crippen LogP contribution < -0.4 is 0 Å². The maximum Gasteiger partial charge on any atom is 0.309 e. The molecule has 2 aliphatic heterocycles. The second-order valence-electron chi connectivity index (χ2n) is 7.37. The Bertz CT molecular complexity index is 356. The zero-order valence-electron chi connectivity index (χ0n) is 13.4. The van der Waals surface area contributed by atoms with E-state index in [2.05, 4.69) is 23.8 Å². The van der Waals surface area contributed by atoms with E-state index in [1.54, 1.807) is 0 Å². The van der Waals surface area contributed by atoms with Gasteiger partial charge in [-0.3, -0.25) is 9.69 Å². The topological polar surface area (TPSA) is 43.8 Å². The largest absolute Gasteiger partial charge is 0.481 e. The van der Waals surface area contributed by atoms with Crippen molar-refractivity contribution in [2.45, 2.75) is 58.5 Å². The van der Waals surface area contributed by atoms with Crippen LogP contribution in [-0.4, -0.2) is 59.6 Å². The number of carboxylic acid groups (broad SMARTS) is 1. The fourth-order valence-corrected chi connectivity index (χ4v) is 3.70. The second-order valence-corrected chi connectivity index (χ2v) is 7.37. The van der Waals surface area contributed by atoms with Crippen molar-refractivity contribution < 1.29 is 9.90 Å². The van der Waals surface area contributed by atoms with Gasteiger partial charge in [0.05, 0.1) is 5.41 Å². The lowest BCUT2D eigenvalue weighted by molar-refractivity contribution is -0.151. The highest BCUT2D eigenvalue weighted by atomic mass is 16.4. The molecule has 2 rings (SSSR count). The molecular formula is C16H30N2O2. The molecule has 0 aromatic heterocycles. The number of aliphatic carboxylic acids is 1. The highest BCUT2D eigenvalue weighted by Gasteiger charge is 2.40. The quantitative estimate of drug-likeness (QED) is 0.862. The molecule has 20 heavy (non-hydrogen) atoms. The van der Waals surface area contributed by atoms with Crippen LogP contribution in [-0.2, 0) is 4.79 Å². The molecular weight excluding hydrogens is 252 g/mol. The number of likely N-dealkylation sites (tertiary alicyclic amines) is 2. The Kier molecular flexibility index (Phi) is 4.75. The fraction of sp³-hybridized carbons (Fsp3) is 0.938. The van der Waals surface area contributed by atoms with Gasteiger partial charge in [-0.05, 0) is 72.5 Å². The van der Waals surface area contributed by atoms with Crippen molar-refractivity contribution in [3.05, 3.63) is 0 Å². The van der Waals surface area contributed by atoms with Crippen LogP contribution in [0.25, 0.3) is 0 Å². The van der Waals surface area contributed by atoms with E-state index in [1.807, 2.05) is 13.8 Å². The third kappa shape index (κ3) is 3.17. The van der Waals surface area contributed by atoms with E-state index >= 15 is 0 Å². The number of rotatable bonds is 3. The molecule has 0 aromatic carbocycles. The summed E-state index contributed by atoms with van der Waals surface area (Å²) in [6.07, 6.45) is 4.64. The first-order chi connectivity index (χ1) is 9.32. The van der Waals surface area contributed by atoms with E-state index in [0.29, 0.717) is 12.1 Å². The summed E-state index contributed by atoms with van der Waals surface area (Å²) in [5.41, 5.74) is -0.601. The monoisotopic (exact) mass is 282 g/mol. The fourth-order valence-electron chi connectivity index (χ4n) is 3.70. The van der Waals surface area contributed by atoms with Crippen LogP contribution in [0, 0.1) is 11.3 Å². The predicted molar refractivity (Wildman–Crippen MR) is 80.8 cm³/mol. The first-order valence-corrected chi connectivity index (χ1v) is 8.00. The van der Waals surface area contributed by atoms with Gasteiger partial charge in [0.15, 0.2) is 0 Å². The Labute approximate surface area is 123 Å². The molecule has 0 radical (unpaired) electrons. The van der Waals surface area contributed by atoms with Gasteiger partial charge in [-0.1, -0.05) is 0 Å². The zero-order valence-corrected chi connectivity index (χ0v) is 13.4. The molecule has 2 saturated heterocycles. The summed E-state index contributed by atoms with van der Waals surface area (Å²) in [4.78, 5) is 16.5. The molecule has 2 aliphatic rings. The summed E-state index contributed by atoms with van der Waals surface area (Å²) in [5.74, 6) is -0.371. The molecule has 0 aromatic rings. The molecule has 1 N–H and O–H groups in total. The second kappa shape index (κ2) is 6.02. The number of nitrogens with zero attached hydrogens (tertiary/aromatic N) is 2. The maximum absolute atomic E-state index is 11.5. The Morgan fingerprint density at radius 3 is 2.55 bits per heavy atom. The van der Waals surface area contributed by atoms with Gasteiger partial charge >= 0.3 is 5.97 Å². The van der Waals surface area contributed by atoms with Crippen LogP contribution in [0.15, 0.2) is 0 Å². The summed E-state index contributed by atoms with van der Waals surface area (Å²) in [5, 5.41) is 9.44. The molecule has 3 unspecified atom stereocenters. The Hall–Kier alpha value is -0.610. The number of hydrogen-bond donors (Lipinski definition) is 1. The Morgan fingerprint density at radius 1 is 1.25 bits per heavy atom. The highest BCUT2D eigenvalue weighted by Crippen LogP contribution is 2.36. The molecule has 2 heterocycles. The summed E-state index contributed by atoms with van der Waals surface area (Å²) in [7, 11) is 2.20. The standard InChI is InChI=1S/C16H30N2O2/c1-12-10-14(7-9-17(12)4)18-8-5-6-13(11-18)16(2,3)15(19)20/h12-14H,5-11H2,1-4H3,(H,19,20). The molecule has 116 valence electrons. The van der Waals surface area contributed by atoms with Crippen LogP contribution in [0.4, 0.5) is 0 Å². The van der Waals surface area contributed by atoms with E-state index in [9.17, 15) is 9.90 Å². The van der Waals surface area contributed by atoms with Crippen molar-refractivity contribution in [2.75, 3.05) is 26.7 Å². The third-order valence-electron chi connectivity index (χ3n) is 5.72. The smallest absolute Gasteiger partial charge is 0.309 e. The van der Waals surface area contributed by atoms with Crippen molar-refractivity contribution in [3.63, 3.8) is 0 Å². The lowest BCUT2D eigenvalue weighted by Gasteiger charge is -2.46. The van der Waals surface area contributed by atoms with Crippen molar-refractivity contribution in [1.29, 1.82) is 0 Å². The normalized spacial score (nSPS) is 34.1. The molecule has 0 saturated carbocycles. The van der Waals surface area contributed by atoms with Crippen LogP contribution in [0.2, 0.25) is 0 Å². The van der Waals surface area contributed by atoms with Gasteiger partial charge in [0, 0.05) is 18.6 Å². The first kappa shape index (κ1) is 15.8. The van der Waals surface area contributed by atoms with Gasteiger partial charge in [0.25, 0.3) is 0 Å². The summed E-state index contributed by atoms with van der Waals surface area (Å²) >= 11 is 0. The molecule has 0 spiro atoms. The van der Waals surface area contributed by atoms with Crippen LogP contribution in [0.5, 0.6) is 0 Å². The van der Waals surface area contributed by atoms with Gasteiger partial charge in [0.1, 0.15) is 0 Å². The SMILES string of the molecule is CC1CC(N2CCCC(C(C)(C)C(=O)O)C2)CCN1C. The minimum absolute atomic E-state index is 0.281. The van der Waals surface area contributed by atoms with Gasteiger partial charge in [-0.2, -0.15) is 0 Å². The number of carbonyl (C=O) groups is 1. The predicted octanol–water partition coefficient (Wildman–Crippen LogP) is 2.29. The van der Waals surface area contributed by atoms with Crippen molar-refractivity contribution in [3.8, 4) is 0 Å². The summed E-state index contributed by atoms with van der Waals surface area (Å²) in [6.45, 7) is 9.35. The van der Waals surface area contributed by atoms with Crippen LogP contribution in [0.1, 0.15) is 46.5 Å². The minimum atomic E-state index is -0.652. The molecule has 4 heteroatoms.